The van der Waals surface area contributed by atoms with Crippen molar-refractivity contribution < 1.29 is 0 Å². The molecule has 0 aliphatic carbocycles. The number of aryl methyl sites for hydroxylation is 2. The Labute approximate surface area is 117 Å². The van der Waals surface area contributed by atoms with E-state index in [-0.39, 0.29) is 5.69 Å². The molecule has 1 aromatic heterocycles. The maximum absolute atomic E-state index is 11.5. The minimum atomic E-state index is -0.204. The lowest BCUT2D eigenvalue weighted by molar-refractivity contribution is 0.781. The Kier molecular flexibility index (Phi) is 3.11. The SMILES string of the molecule is Cc1nc(=O)n(C)cc1Cc1cccc2ccccc12. The molecule has 3 aromatic rings. The van der Waals surface area contributed by atoms with E-state index in [0.717, 1.165) is 17.7 Å². The monoisotopic (exact) mass is 264 g/mol. The Hall–Kier alpha value is -2.42. The summed E-state index contributed by atoms with van der Waals surface area (Å²) in [6.07, 6.45) is 2.67. The van der Waals surface area contributed by atoms with Gasteiger partial charge in [0, 0.05) is 25.4 Å². The van der Waals surface area contributed by atoms with E-state index in [9.17, 15) is 4.79 Å². The zero-order chi connectivity index (χ0) is 14.1. The van der Waals surface area contributed by atoms with Gasteiger partial charge in [0.2, 0.25) is 0 Å². The Morgan fingerprint density at radius 3 is 2.65 bits per heavy atom. The van der Waals surface area contributed by atoms with Crippen LogP contribution in [0, 0.1) is 6.92 Å². The van der Waals surface area contributed by atoms with Gasteiger partial charge in [-0.3, -0.25) is 0 Å². The van der Waals surface area contributed by atoms with Crippen LogP contribution in [0.3, 0.4) is 0 Å². The lowest BCUT2D eigenvalue weighted by Crippen LogP contribution is -2.21. The van der Waals surface area contributed by atoms with Crippen LogP contribution < -0.4 is 5.69 Å². The molecular weight excluding hydrogens is 248 g/mol. The quantitative estimate of drug-likeness (QED) is 0.713. The summed E-state index contributed by atoms with van der Waals surface area (Å²) in [4.78, 5) is 15.6. The first kappa shape index (κ1) is 12.6. The molecule has 0 aliphatic rings. The number of nitrogens with zero attached hydrogens (tertiary/aromatic N) is 2. The fourth-order valence-corrected chi connectivity index (χ4v) is 2.50. The van der Waals surface area contributed by atoms with Gasteiger partial charge in [0.15, 0.2) is 0 Å². The van der Waals surface area contributed by atoms with E-state index in [4.69, 9.17) is 0 Å². The molecule has 0 aliphatic heterocycles. The van der Waals surface area contributed by atoms with Crippen LogP contribution in [0.1, 0.15) is 16.8 Å². The maximum Gasteiger partial charge on any atom is 0.347 e. The number of rotatable bonds is 2. The van der Waals surface area contributed by atoms with Crippen molar-refractivity contribution in [3.05, 3.63) is 76.0 Å². The van der Waals surface area contributed by atoms with Gasteiger partial charge in [-0.25, -0.2) is 4.79 Å². The Bertz CT molecular complexity index is 829. The van der Waals surface area contributed by atoms with Crippen LogP contribution >= 0.6 is 0 Å². The third kappa shape index (κ3) is 2.23. The summed E-state index contributed by atoms with van der Waals surface area (Å²) in [6.45, 7) is 1.89. The van der Waals surface area contributed by atoms with Crippen molar-refractivity contribution in [2.45, 2.75) is 13.3 Å². The van der Waals surface area contributed by atoms with Gasteiger partial charge >= 0.3 is 5.69 Å². The molecule has 1 heterocycles. The third-order valence-corrected chi connectivity index (χ3v) is 3.64. The molecule has 3 nitrogen and oxygen atoms in total. The lowest BCUT2D eigenvalue weighted by Gasteiger charge is -2.09. The molecule has 0 saturated heterocycles. The summed E-state index contributed by atoms with van der Waals surface area (Å²) in [7, 11) is 1.74. The molecule has 0 unspecified atom stereocenters. The molecule has 0 spiro atoms. The van der Waals surface area contributed by atoms with E-state index < -0.39 is 0 Å². The molecule has 3 heteroatoms. The van der Waals surface area contributed by atoms with Gasteiger partial charge in [-0.05, 0) is 28.8 Å². The average molecular weight is 264 g/mol. The van der Waals surface area contributed by atoms with Crippen molar-refractivity contribution in [1.29, 1.82) is 0 Å². The van der Waals surface area contributed by atoms with Gasteiger partial charge in [0.25, 0.3) is 0 Å². The first-order valence-electron chi connectivity index (χ1n) is 6.65. The second kappa shape index (κ2) is 4.93. The molecular formula is C17H16N2O. The maximum atomic E-state index is 11.5. The zero-order valence-corrected chi connectivity index (χ0v) is 11.6. The van der Waals surface area contributed by atoms with Crippen LogP contribution in [0.4, 0.5) is 0 Å². The van der Waals surface area contributed by atoms with Crippen molar-refractivity contribution in [3.63, 3.8) is 0 Å². The number of hydrogen-bond donors (Lipinski definition) is 0. The molecule has 0 atom stereocenters. The lowest BCUT2D eigenvalue weighted by atomic mass is 9.98. The first-order chi connectivity index (χ1) is 9.65. The van der Waals surface area contributed by atoms with Crippen LogP contribution in [0.2, 0.25) is 0 Å². The summed E-state index contributed by atoms with van der Waals surface area (Å²) < 4.78 is 1.54. The largest absolute Gasteiger partial charge is 0.347 e. The number of hydrogen-bond acceptors (Lipinski definition) is 2. The second-order valence-corrected chi connectivity index (χ2v) is 5.06. The minimum absolute atomic E-state index is 0.204. The van der Waals surface area contributed by atoms with Crippen molar-refractivity contribution in [3.8, 4) is 0 Å². The predicted molar refractivity (Wildman–Crippen MR) is 81.0 cm³/mol. The molecule has 0 N–H and O–H groups in total. The molecule has 100 valence electrons. The fourth-order valence-electron chi connectivity index (χ4n) is 2.50. The Morgan fingerprint density at radius 1 is 1.05 bits per heavy atom. The fraction of sp³-hybridized carbons (Fsp3) is 0.176. The number of aromatic nitrogens is 2. The summed E-state index contributed by atoms with van der Waals surface area (Å²) >= 11 is 0. The number of fused-ring (bicyclic) bond motifs is 1. The summed E-state index contributed by atoms with van der Waals surface area (Å²) in [5.74, 6) is 0. The molecule has 0 bridgehead atoms. The molecule has 0 fully saturated rings. The highest BCUT2D eigenvalue weighted by molar-refractivity contribution is 5.85. The molecule has 2 aromatic carbocycles. The van der Waals surface area contributed by atoms with Crippen LogP contribution in [-0.2, 0) is 13.5 Å². The zero-order valence-electron chi connectivity index (χ0n) is 11.6. The van der Waals surface area contributed by atoms with Gasteiger partial charge in [-0.2, -0.15) is 4.98 Å². The average Bonchev–Trinajstić information content (AvgIpc) is 2.45. The van der Waals surface area contributed by atoms with Gasteiger partial charge in [0.1, 0.15) is 0 Å². The second-order valence-electron chi connectivity index (χ2n) is 5.06. The molecule has 20 heavy (non-hydrogen) atoms. The summed E-state index contributed by atoms with van der Waals surface area (Å²) in [5.41, 5.74) is 2.94. The normalized spacial score (nSPS) is 10.9. The van der Waals surface area contributed by atoms with E-state index in [1.807, 2.05) is 19.2 Å². The standard InChI is InChI=1S/C17H16N2O/c1-12-15(11-19(2)17(20)18-12)10-14-8-5-7-13-6-3-4-9-16(13)14/h3-9,11H,10H2,1-2H3. The molecule has 0 saturated carbocycles. The predicted octanol–water partition coefficient (Wildman–Crippen LogP) is 2.83. The van der Waals surface area contributed by atoms with E-state index in [2.05, 4.69) is 41.4 Å². The van der Waals surface area contributed by atoms with Gasteiger partial charge in [0.05, 0.1) is 0 Å². The highest BCUT2D eigenvalue weighted by Gasteiger charge is 2.06. The van der Waals surface area contributed by atoms with Crippen molar-refractivity contribution in [2.75, 3.05) is 0 Å². The van der Waals surface area contributed by atoms with E-state index in [0.29, 0.717) is 0 Å². The van der Waals surface area contributed by atoms with Gasteiger partial charge in [-0.1, -0.05) is 42.5 Å². The third-order valence-electron chi connectivity index (χ3n) is 3.64. The Balaban J connectivity index is 2.10. The number of benzene rings is 2. The van der Waals surface area contributed by atoms with E-state index in [1.54, 1.807) is 7.05 Å². The van der Waals surface area contributed by atoms with Crippen LogP contribution in [0.25, 0.3) is 10.8 Å². The van der Waals surface area contributed by atoms with Crippen molar-refractivity contribution in [2.24, 2.45) is 7.05 Å². The van der Waals surface area contributed by atoms with E-state index in [1.165, 1.54) is 20.9 Å². The molecule has 0 radical (unpaired) electrons. The highest BCUT2D eigenvalue weighted by Crippen LogP contribution is 2.21. The molecule has 0 amide bonds. The minimum Gasteiger partial charge on any atom is -0.302 e. The first-order valence-corrected chi connectivity index (χ1v) is 6.65. The Morgan fingerprint density at radius 2 is 1.80 bits per heavy atom. The van der Waals surface area contributed by atoms with E-state index >= 15 is 0 Å². The van der Waals surface area contributed by atoms with Crippen LogP contribution in [0.15, 0.2) is 53.5 Å². The topological polar surface area (TPSA) is 34.9 Å². The summed E-state index contributed by atoms with van der Waals surface area (Å²) in [5, 5.41) is 2.49. The van der Waals surface area contributed by atoms with Gasteiger partial charge < -0.3 is 4.57 Å². The van der Waals surface area contributed by atoms with Crippen LogP contribution in [-0.4, -0.2) is 9.55 Å². The summed E-state index contributed by atoms with van der Waals surface area (Å²) in [6, 6.07) is 14.7. The van der Waals surface area contributed by atoms with Crippen molar-refractivity contribution >= 4 is 10.8 Å². The smallest absolute Gasteiger partial charge is 0.302 e. The molecule has 3 rings (SSSR count). The van der Waals surface area contributed by atoms with Crippen molar-refractivity contribution in [1.82, 2.24) is 9.55 Å². The van der Waals surface area contributed by atoms with Crippen LogP contribution in [0.5, 0.6) is 0 Å². The highest BCUT2D eigenvalue weighted by atomic mass is 16.1. The van der Waals surface area contributed by atoms with Gasteiger partial charge in [-0.15, -0.1) is 0 Å².